The summed E-state index contributed by atoms with van der Waals surface area (Å²) in [6, 6.07) is 1.16. The highest BCUT2D eigenvalue weighted by molar-refractivity contribution is 9.10. The quantitative estimate of drug-likeness (QED) is 0.476. The second kappa shape index (κ2) is 4.83. The van der Waals surface area contributed by atoms with E-state index in [0.717, 1.165) is 0 Å². The van der Waals surface area contributed by atoms with Crippen molar-refractivity contribution in [2.45, 2.75) is 11.3 Å². The minimum atomic E-state index is -4.26. The summed E-state index contributed by atoms with van der Waals surface area (Å²) in [7, 11) is 0.749. The molecule has 0 aliphatic carbocycles. The van der Waals surface area contributed by atoms with Crippen molar-refractivity contribution >= 4 is 41.4 Å². The Labute approximate surface area is 107 Å². The van der Waals surface area contributed by atoms with Gasteiger partial charge in [-0.15, -0.1) is 0 Å². The molecule has 0 saturated heterocycles. The number of rotatable bonds is 3. The number of nitrogens with zero attached hydrogens (tertiary/aromatic N) is 1. The van der Waals surface area contributed by atoms with Crippen LogP contribution < -0.4 is 0 Å². The fourth-order valence-electron chi connectivity index (χ4n) is 1.08. The van der Waals surface area contributed by atoms with Gasteiger partial charge in [0, 0.05) is 21.2 Å². The standard InChI is InChI=1S/C7H3BrClF2NO4S/c8-4-1-3(7(10)11)5(12(13)14)2-6(4)17(9,15)16/h1-2,7H. The van der Waals surface area contributed by atoms with Gasteiger partial charge in [-0.25, -0.2) is 17.2 Å². The second-order valence-electron chi connectivity index (χ2n) is 2.84. The van der Waals surface area contributed by atoms with Gasteiger partial charge in [-0.2, -0.15) is 0 Å². The maximum absolute atomic E-state index is 12.5. The fourth-order valence-corrected chi connectivity index (χ4v) is 3.28. The van der Waals surface area contributed by atoms with Gasteiger partial charge in [0.25, 0.3) is 21.2 Å². The van der Waals surface area contributed by atoms with Crippen LogP contribution in [-0.2, 0) is 9.05 Å². The molecule has 0 aliphatic heterocycles. The molecule has 0 saturated carbocycles. The molecule has 1 aromatic rings. The molecule has 0 N–H and O–H groups in total. The van der Waals surface area contributed by atoms with Crippen molar-refractivity contribution in [2.24, 2.45) is 0 Å². The van der Waals surface area contributed by atoms with Crippen molar-refractivity contribution in [3.8, 4) is 0 Å². The lowest BCUT2D eigenvalue weighted by atomic mass is 10.2. The Bertz CT molecular complexity index is 577. The third kappa shape index (κ3) is 3.11. The predicted octanol–water partition coefficient (Wildman–Crippen LogP) is 3.22. The molecule has 0 aliphatic rings. The van der Waals surface area contributed by atoms with E-state index in [9.17, 15) is 27.3 Å². The van der Waals surface area contributed by atoms with Crippen LogP contribution in [0.3, 0.4) is 0 Å². The topological polar surface area (TPSA) is 77.3 Å². The van der Waals surface area contributed by atoms with Gasteiger partial charge in [0.05, 0.1) is 10.5 Å². The van der Waals surface area contributed by atoms with E-state index in [0.29, 0.717) is 12.1 Å². The number of nitro groups is 1. The van der Waals surface area contributed by atoms with Gasteiger partial charge in [-0.05, 0) is 22.0 Å². The molecule has 1 rings (SSSR count). The summed E-state index contributed by atoms with van der Waals surface area (Å²) >= 11 is 2.71. The molecule has 0 aromatic heterocycles. The Balaban J connectivity index is 3.63. The SMILES string of the molecule is O=[N+]([O-])c1cc(S(=O)(=O)Cl)c(Br)cc1C(F)F. The van der Waals surface area contributed by atoms with Crippen molar-refractivity contribution in [1.82, 2.24) is 0 Å². The highest BCUT2D eigenvalue weighted by Crippen LogP contribution is 2.36. The molecule has 0 unspecified atom stereocenters. The van der Waals surface area contributed by atoms with Crippen molar-refractivity contribution in [3.05, 3.63) is 32.3 Å². The Morgan fingerprint density at radius 2 is 1.94 bits per heavy atom. The first-order valence-electron chi connectivity index (χ1n) is 3.85. The summed E-state index contributed by atoms with van der Waals surface area (Å²) < 4.78 is 46.8. The van der Waals surface area contributed by atoms with E-state index in [2.05, 4.69) is 15.9 Å². The first-order valence-corrected chi connectivity index (χ1v) is 6.95. The van der Waals surface area contributed by atoms with E-state index in [1.165, 1.54) is 0 Å². The van der Waals surface area contributed by atoms with Crippen LogP contribution in [0.5, 0.6) is 0 Å². The maximum atomic E-state index is 12.5. The lowest BCUT2D eigenvalue weighted by Gasteiger charge is -2.05. The predicted molar refractivity (Wildman–Crippen MR) is 58.8 cm³/mol. The van der Waals surface area contributed by atoms with Gasteiger partial charge in [-0.3, -0.25) is 10.1 Å². The molecule has 17 heavy (non-hydrogen) atoms. The van der Waals surface area contributed by atoms with Gasteiger partial charge in [-0.1, -0.05) is 0 Å². The van der Waals surface area contributed by atoms with Gasteiger partial charge in [0.2, 0.25) is 0 Å². The summed E-state index contributed by atoms with van der Waals surface area (Å²) in [6.45, 7) is 0. The molecule has 0 fully saturated rings. The normalized spacial score (nSPS) is 11.8. The van der Waals surface area contributed by atoms with Crippen LogP contribution in [0.25, 0.3) is 0 Å². The van der Waals surface area contributed by atoms with E-state index >= 15 is 0 Å². The lowest BCUT2D eigenvalue weighted by Crippen LogP contribution is -2.00. The zero-order valence-electron chi connectivity index (χ0n) is 7.73. The van der Waals surface area contributed by atoms with Crippen molar-refractivity contribution < 1.29 is 22.1 Å². The number of hydrogen-bond donors (Lipinski definition) is 0. The van der Waals surface area contributed by atoms with Gasteiger partial charge in [0.15, 0.2) is 0 Å². The first kappa shape index (κ1) is 14.3. The van der Waals surface area contributed by atoms with Crippen LogP contribution in [0.1, 0.15) is 12.0 Å². The third-order valence-corrected chi connectivity index (χ3v) is 4.06. The Kier molecular flexibility index (Phi) is 4.05. The molecule has 94 valence electrons. The fraction of sp³-hybridized carbons (Fsp3) is 0.143. The molecule has 0 amide bonds. The summed E-state index contributed by atoms with van der Waals surface area (Å²) in [5.74, 6) is 0. The summed E-state index contributed by atoms with van der Waals surface area (Å²) in [5, 5.41) is 10.5. The molecule has 0 heterocycles. The monoisotopic (exact) mass is 349 g/mol. The van der Waals surface area contributed by atoms with Gasteiger partial charge >= 0.3 is 0 Å². The number of alkyl halides is 2. The van der Waals surface area contributed by atoms with Crippen molar-refractivity contribution in [1.29, 1.82) is 0 Å². The van der Waals surface area contributed by atoms with E-state index in [1.54, 1.807) is 0 Å². The Morgan fingerprint density at radius 1 is 1.41 bits per heavy atom. The van der Waals surface area contributed by atoms with Crippen LogP contribution in [0.4, 0.5) is 14.5 Å². The van der Waals surface area contributed by atoms with Crippen LogP contribution >= 0.6 is 26.6 Å². The number of benzene rings is 1. The zero-order chi connectivity index (χ0) is 13.4. The van der Waals surface area contributed by atoms with Gasteiger partial charge < -0.3 is 0 Å². The van der Waals surface area contributed by atoms with Crippen molar-refractivity contribution in [3.63, 3.8) is 0 Å². The number of nitro benzene ring substituents is 1. The number of hydrogen-bond acceptors (Lipinski definition) is 4. The molecular formula is C7H3BrClF2NO4S. The third-order valence-electron chi connectivity index (χ3n) is 1.78. The zero-order valence-corrected chi connectivity index (χ0v) is 10.9. The van der Waals surface area contributed by atoms with Crippen molar-refractivity contribution in [2.75, 3.05) is 0 Å². The van der Waals surface area contributed by atoms with Crippen LogP contribution in [0, 0.1) is 10.1 Å². The first-order chi connectivity index (χ1) is 7.64. The largest absolute Gasteiger partial charge is 0.279 e. The summed E-state index contributed by atoms with van der Waals surface area (Å²) in [4.78, 5) is 8.81. The number of halogens is 4. The minimum Gasteiger partial charge on any atom is -0.258 e. The van der Waals surface area contributed by atoms with Crippen LogP contribution in [0.15, 0.2) is 21.5 Å². The molecular weight excluding hydrogens is 348 g/mol. The minimum absolute atomic E-state index is 0.256. The molecule has 1 aromatic carbocycles. The highest BCUT2D eigenvalue weighted by Gasteiger charge is 2.27. The smallest absolute Gasteiger partial charge is 0.258 e. The Morgan fingerprint density at radius 3 is 2.29 bits per heavy atom. The average Bonchev–Trinajstić information content (AvgIpc) is 2.14. The highest BCUT2D eigenvalue weighted by atomic mass is 79.9. The van der Waals surface area contributed by atoms with Crippen LogP contribution in [0.2, 0.25) is 0 Å². The lowest BCUT2D eigenvalue weighted by molar-refractivity contribution is -0.386. The molecule has 10 heteroatoms. The van der Waals surface area contributed by atoms with E-state index in [1.807, 2.05) is 0 Å². The average molecular weight is 351 g/mol. The van der Waals surface area contributed by atoms with E-state index in [4.69, 9.17) is 10.7 Å². The molecule has 0 spiro atoms. The van der Waals surface area contributed by atoms with Gasteiger partial charge in [0.1, 0.15) is 4.90 Å². The van der Waals surface area contributed by atoms with E-state index in [-0.39, 0.29) is 4.47 Å². The Hall–Kier alpha value is -0.800. The van der Waals surface area contributed by atoms with Crippen LogP contribution in [-0.4, -0.2) is 13.3 Å². The molecule has 5 nitrogen and oxygen atoms in total. The molecule has 0 bridgehead atoms. The second-order valence-corrected chi connectivity index (χ2v) is 6.23. The maximum Gasteiger partial charge on any atom is 0.279 e. The summed E-state index contributed by atoms with van der Waals surface area (Å²) in [5.41, 5.74) is -1.88. The van der Waals surface area contributed by atoms with E-state index < -0.39 is 36.5 Å². The molecule has 0 radical (unpaired) electrons. The molecule has 0 atom stereocenters. The summed E-state index contributed by atoms with van der Waals surface area (Å²) in [6.07, 6.45) is -3.10.